The van der Waals surface area contributed by atoms with Crippen LogP contribution in [0.3, 0.4) is 0 Å². The summed E-state index contributed by atoms with van der Waals surface area (Å²) in [6, 6.07) is 2.40. The molecule has 1 unspecified atom stereocenters. The van der Waals surface area contributed by atoms with Crippen molar-refractivity contribution < 1.29 is 0 Å². The lowest BCUT2D eigenvalue weighted by atomic mass is 9.98. The molecule has 1 aliphatic heterocycles. The molecule has 94 valence electrons. The summed E-state index contributed by atoms with van der Waals surface area (Å²) in [4.78, 5) is 13.7. The predicted octanol–water partition coefficient (Wildman–Crippen LogP) is 1.95. The quantitative estimate of drug-likeness (QED) is 0.928. The Morgan fingerprint density at radius 1 is 1.59 bits per heavy atom. The standard InChI is InChI=1S/C12H18BrN3O/c1-2-16-6-4-3-5-10(16)7-9-8-11(13)12(17)15-14-9/h8,10H,2-7H2,1H3,(H,15,17). The van der Waals surface area contributed by atoms with Crippen LogP contribution in [0, 0.1) is 0 Å². The van der Waals surface area contributed by atoms with Gasteiger partial charge in [0.05, 0.1) is 10.2 Å². The third kappa shape index (κ3) is 3.16. The Morgan fingerprint density at radius 3 is 3.12 bits per heavy atom. The smallest absolute Gasteiger partial charge is 0.278 e. The van der Waals surface area contributed by atoms with Gasteiger partial charge >= 0.3 is 0 Å². The molecule has 0 aliphatic carbocycles. The molecule has 2 rings (SSSR count). The third-order valence-corrected chi connectivity index (χ3v) is 4.00. The molecule has 0 spiro atoms. The molecule has 0 bridgehead atoms. The van der Waals surface area contributed by atoms with Crippen molar-refractivity contribution in [2.24, 2.45) is 0 Å². The van der Waals surface area contributed by atoms with Crippen LogP contribution in [0.15, 0.2) is 15.3 Å². The Balaban J connectivity index is 2.08. The summed E-state index contributed by atoms with van der Waals surface area (Å²) in [5, 5.41) is 6.63. The molecule has 2 heterocycles. The Morgan fingerprint density at radius 2 is 2.41 bits per heavy atom. The van der Waals surface area contributed by atoms with E-state index in [1.807, 2.05) is 6.07 Å². The van der Waals surface area contributed by atoms with Gasteiger partial charge in [-0.2, -0.15) is 5.10 Å². The van der Waals surface area contributed by atoms with Crippen molar-refractivity contribution in [3.63, 3.8) is 0 Å². The number of hydrogen-bond acceptors (Lipinski definition) is 3. The highest BCUT2D eigenvalue weighted by atomic mass is 79.9. The van der Waals surface area contributed by atoms with E-state index in [9.17, 15) is 4.79 Å². The van der Waals surface area contributed by atoms with Crippen LogP contribution in [-0.2, 0) is 6.42 Å². The summed E-state index contributed by atoms with van der Waals surface area (Å²) >= 11 is 3.25. The van der Waals surface area contributed by atoms with Crippen molar-refractivity contribution in [1.29, 1.82) is 0 Å². The number of nitrogens with zero attached hydrogens (tertiary/aromatic N) is 2. The summed E-state index contributed by atoms with van der Waals surface area (Å²) in [5.41, 5.74) is 0.798. The minimum atomic E-state index is -0.162. The highest BCUT2D eigenvalue weighted by Crippen LogP contribution is 2.19. The minimum Gasteiger partial charge on any atom is -0.300 e. The summed E-state index contributed by atoms with van der Waals surface area (Å²) in [6.45, 7) is 4.48. The molecule has 1 aliphatic rings. The maximum absolute atomic E-state index is 11.2. The second-order valence-corrected chi connectivity index (χ2v) is 5.37. The molecule has 1 N–H and O–H groups in total. The first-order chi connectivity index (χ1) is 8.20. The van der Waals surface area contributed by atoms with Crippen LogP contribution in [0.25, 0.3) is 0 Å². The molecule has 1 saturated heterocycles. The maximum Gasteiger partial charge on any atom is 0.278 e. The van der Waals surface area contributed by atoms with E-state index in [0.717, 1.165) is 18.7 Å². The van der Waals surface area contributed by atoms with Crippen LogP contribution in [-0.4, -0.2) is 34.2 Å². The zero-order valence-electron chi connectivity index (χ0n) is 10.1. The molecule has 1 aromatic heterocycles. The van der Waals surface area contributed by atoms with Gasteiger partial charge in [-0.15, -0.1) is 0 Å². The third-order valence-electron chi connectivity index (χ3n) is 3.41. The molecule has 1 atom stereocenters. The summed E-state index contributed by atoms with van der Waals surface area (Å²) in [7, 11) is 0. The number of piperidine rings is 1. The monoisotopic (exact) mass is 299 g/mol. The lowest BCUT2D eigenvalue weighted by molar-refractivity contribution is 0.154. The Hall–Kier alpha value is -0.680. The average molecular weight is 300 g/mol. The van der Waals surface area contributed by atoms with E-state index in [4.69, 9.17) is 0 Å². The first-order valence-corrected chi connectivity index (χ1v) is 6.98. The van der Waals surface area contributed by atoms with Crippen LogP contribution in [0.2, 0.25) is 0 Å². The van der Waals surface area contributed by atoms with Crippen molar-refractivity contribution in [1.82, 2.24) is 15.1 Å². The molecule has 1 fully saturated rings. The summed E-state index contributed by atoms with van der Waals surface area (Å²) < 4.78 is 0.571. The van der Waals surface area contributed by atoms with Crippen LogP contribution in [0.1, 0.15) is 31.9 Å². The van der Waals surface area contributed by atoms with Crippen molar-refractivity contribution in [3.8, 4) is 0 Å². The SMILES string of the molecule is CCN1CCCCC1Cc1cc(Br)c(=O)[nH]n1. The lowest BCUT2D eigenvalue weighted by Crippen LogP contribution is -2.40. The second-order valence-electron chi connectivity index (χ2n) is 4.52. The summed E-state index contributed by atoms with van der Waals surface area (Å²) in [5.74, 6) is 0. The number of likely N-dealkylation sites (tertiary alicyclic amines) is 1. The van der Waals surface area contributed by atoms with Crippen LogP contribution in [0.4, 0.5) is 0 Å². The number of hydrogen-bond donors (Lipinski definition) is 1. The number of H-pyrrole nitrogens is 1. The largest absolute Gasteiger partial charge is 0.300 e. The summed E-state index contributed by atoms with van der Waals surface area (Å²) in [6.07, 6.45) is 4.74. The molecule has 0 aromatic carbocycles. The van der Waals surface area contributed by atoms with Gasteiger partial charge < -0.3 is 4.90 Å². The van der Waals surface area contributed by atoms with E-state index in [0.29, 0.717) is 10.5 Å². The van der Waals surface area contributed by atoms with Gasteiger partial charge in [0.1, 0.15) is 0 Å². The highest BCUT2D eigenvalue weighted by Gasteiger charge is 2.21. The molecular weight excluding hydrogens is 282 g/mol. The zero-order valence-corrected chi connectivity index (χ0v) is 11.7. The minimum absolute atomic E-state index is 0.162. The predicted molar refractivity (Wildman–Crippen MR) is 71.1 cm³/mol. The zero-order chi connectivity index (χ0) is 12.3. The fourth-order valence-corrected chi connectivity index (χ4v) is 2.83. The number of nitrogens with one attached hydrogen (secondary N) is 1. The lowest BCUT2D eigenvalue weighted by Gasteiger charge is -2.34. The number of aromatic nitrogens is 2. The van der Waals surface area contributed by atoms with Gasteiger partial charge in [0.2, 0.25) is 0 Å². The van der Waals surface area contributed by atoms with Crippen molar-refractivity contribution in [2.45, 2.75) is 38.6 Å². The number of halogens is 1. The first-order valence-electron chi connectivity index (χ1n) is 6.19. The second kappa shape index (κ2) is 5.78. The van der Waals surface area contributed by atoms with Crippen LogP contribution >= 0.6 is 15.9 Å². The topological polar surface area (TPSA) is 49.0 Å². The maximum atomic E-state index is 11.2. The number of likely N-dealkylation sites (N-methyl/N-ethyl adjacent to an activating group) is 1. The molecule has 4 nitrogen and oxygen atoms in total. The molecular formula is C12H18BrN3O. The van der Waals surface area contributed by atoms with E-state index in [1.54, 1.807) is 0 Å². The molecule has 5 heteroatoms. The first kappa shape index (κ1) is 12.8. The van der Waals surface area contributed by atoms with Gasteiger partial charge in [-0.05, 0) is 47.9 Å². The van der Waals surface area contributed by atoms with Crippen molar-refractivity contribution in [3.05, 3.63) is 26.6 Å². The van der Waals surface area contributed by atoms with Gasteiger partial charge in [-0.1, -0.05) is 13.3 Å². The van der Waals surface area contributed by atoms with Crippen molar-refractivity contribution >= 4 is 15.9 Å². The number of aromatic amines is 1. The van der Waals surface area contributed by atoms with Gasteiger partial charge in [-0.3, -0.25) is 4.79 Å². The van der Waals surface area contributed by atoms with Crippen molar-refractivity contribution in [2.75, 3.05) is 13.1 Å². The van der Waals surface area contributed by atoms with Crippen LogP contribution < -0.4 is 5.56 Å². The van der Waals surface area contributed by atoms with Gasteiger partial charge in [0, 0.05) is 12.5 Å². The fourth-order valence-electron chi connectivity index (χ4n) is 2.47. The highest BCUT2D eigenvalue weighted by molar-refractivity contribution is 9.10. The molecule has 0 radical (unpaired) electrons. The molecule has 17 heavy (non-hydrogen) atoms. The molecule has 1 aromatic rings. The van der Waals surface area contributed by atoms with Crippen LogP contribution in [0.5, 0.6) is 0 Å². The fraction of sp³-hybridized carbons (Fsp3) is 0.667. The molecule has 0 saturated carbocycles. The number of rotatable bonds is 3. The molecule has 0 amide bonds. The van der Waals surface area contributed by atoms with E-state index in [2.05, 4.69) is 38.0 Å². The average Bonchev–Trinajstić information content (AvgIpc) is 2.34. The van der Waals surface area contributed by atoms with E-state index >= 15 is 0 Å². The normalized spacial score (nSPS) is 21.6. The Labute approximate surface area is 110 Å². The van der Waals surface area contributed by atoms with Gasteiger partial charge in [0.15, 0.2) is 0 Å². The van der Waals surface area contributed by atoms with E-state index in [-0.39, 0.29) is 5.56 Å². The van der Waals surface area contributed by atoms with Gasteiger partial charge in [-0.25, -0.2) is 5.10 Å². The van der Waals surface area contributed by atoms with E-state index < -0.39 is 0 Å². The Bertz CT molecular complexity index is 432. The van der Waals surface area contributed by atoms with Gasteiger partial charge in [0.25, 0.3) is 5.56 Å². The van der Waals surface area contributed by atoms with E-state index in [1.165, 1.54) is 25.8 Å². The Kier molecular flexibility index (Phi) is 4.34.